The van der Waals surface area contributed by atoms with E-state index in [1.54, 1.807) is 6.34 Å². The fourth-order valence-corrected chi connectivity index (χ4v) is 1.83. The number of hydrogen-bond acceptors (Lipinski definition) is 3. The summed E-state index contributed by atoms with van der Waals surface area (Å²) in [7, 11) is 0. The summed E-state index contributed by atoms with van der Waals surface area (Å²) < 4.78 is 0. The quantitative estimate of drug-likeness (QED) is 0.805. The predicted molar refractivity (Wildman–Crippen MR) is 60.8 cm³/mol. The van der Waals surface area contributed by atoms with Crippen LogP contribution < -0.4 is 0 Å². The van der Waals surface area contributed by atoms with Crippen LogP contribution in [-0.4, -0.2) is 35.2 Å². The lowest BCUT2D eigenvalue weighted by atomic mass is 10.0. The van der Waals surface area contributed by atoms with E-state index in [-0.39, 0.29) is 0 Å². The minimum Gasteiger partial charge on any atom is -0.371 e. The second-order valence-electron chi connectivity index (χ2n) is 4.09. The molecule has 2 rings (SSSR count). The molecule has 0 fully saturated rings. The summed E-state index contributed by atoms with van der Waals surface area (Å²) in [4.78, 5) is 6.00. The maximum absolute atomic E-state index is 10.3. The third kappa shape index (κ3) is 2.36. The minimum atomic E-state index is -0.832. The third-order valence-corrected chi connectivity index (χ3v) is 2.69. The van der Waals surface area contributed by atoms with Crippen LogP contribution in [0.5, 0.6) is 0 Å². The van der Waals surface area contributed by atoms with E-state index in [2.05, 4.69) is 4.99 Å². The van der Waals surface area contributed by atoms with Crippen LogP contribution in [0.4, 0.5) is 0 Å². The van der Waals surface area contributed by atoms with E-state index in [0.29, 0.717) is 6.42 Å². The summed E-state index contributed by atoms with van der Waals surface area (Å²) in [6, 6.07) is 10.0. The molecular weight excluding hydrogens is 188 g/mol. The van der Waals surface area contributed by atoms with Gasteiger partial charge in [0.25, 0.3) is 0 Å². The lowest BCUT2D eigenvalue weighted by Crippen LogP contribution is -2.46. The van der Waals surface area contributed by atoms with Crippen LogP contribution in [0.25, 0.3) is 0 Å². The molecule has 15 heavy (non-hydrogen) atoms. The van der Waals surface area contributed by atoms with Gasteiger partial charge in [-0.25, -0.2) is 0 Å². The molecule has 0 aromatic heterocycles. The lowest BCUT2D eigenvalue weighted by Gasteiger charge is -2.33. The van der Waals surface area contributed by atoms with Gasteiger partial charge in [0, 0.05) is 13.0 Å². The first-order valence-electron chi connectivity index (χ1n) is 5.21. The molecule has 3 heteroatoms. The highest BCUT2D eigenvalue weighted by Gasteiger charge is 2.28. The number of aliphatic imine (C=N–C) groups is 1. The SMILES string of the molecule is CC(O)(Cc1ccccc1)N1C=NCC1. The zero-order chi connectivity index (χ0) is 10.7. The molecule has 0 radical (unpaired) electrons. The van der Waals surface area contributed by atoms with E-state index in [9.17, 15) is 5.11 Å². The predicted octanol–water partition coefficient (Wildman–Crippen LogP) is 1.28. The Balaban J connectivity index is 2.07. The summed E-state index contributed by atoms with van der Waals surface area (Å²) in [6.07, 6.45) is 2.36. The molecule has 0 bridgehead atoms. The van der Waals surface area contributed by atoms with Crippen molar-refractivity contribution in [1.82, 2.24) is 4.90 Å². The molecule has 1 aliphatic heterocycles. The van der Waals surface area contributed by atoms with Gasteiger partial charge in [0.2, 0.25) is 0 Å². The number of rotatable bonds is 3. The molecule has 0 saturated carbocycles. The monoisotopic (exact) mass is 204 g/mol. The molecule has 3 nitrogen and oxygen atoms in total. The van der Waals surface area contributed by atoms with Crippen molar-refractivity contribution in [3.8, 4) is 0 Å². The highest BCUT2D eigenvalue weighted by Crippen LogP contribution is 2.18. The van der Waals surface area contributed by atoms with Crippen molar-refractivity contribution < 1.29 is 5.11 Å². The van der Waals surface area contributed by atoms with Gasteiger partial charge in [-0.1, -0.05) is 30.3 Å². The van der Waals surface area contributed by atoms with Gasteiger partial charge in [-0.2, -0.15) is 0 Å². The first-order valence-corrected chi connectivity index (χ1v) is 5.21. The number of benzene rings is 1. The Bertz CT molecular complexity index is 346. The van der Waals surface area contributed by atoms with E-state index in [0.717, 1.165) is 18.7 Å². The van der Waals surface area contributed by atoms with E-state index >= 15 is 0 Å². The summed E-state index contributed by atoms with van der Waals surface area (Å²) in [6.45, 7) is 3.42. The standard InChI is InChI=1S/C12H16N2O/c1-12(15,14-8-7-13-10-14)9-11-5-3-2-4-6-11/h2-6,10,15H,7-9H2,1H3. The van der Waals surface area contributed by atoms with Crippen molar-refractivity contribution >= 4 is 6.34 Å². The van der Waals surface area contributed by atoms with Crippen LogP contribution in [0.2, 0.25) is 0 Å². The minimum absolute atomic E-state index is 0.625. The van der Waals surface area contributed by atoms with Gasteiger partial charge in [-0.05, 0) is 12.5 Å². The Morgan fingerprint density at radius 2 is 2.13 bits per heavy atom. The van der Waals surface area contributed by atoms with E-state index in [1.807, 2.05) is 42.2 Å². The fourth-order valence-electron chi connectivity index (χ4n) is 1.83. The maximum Gasteiger partial charge on any atom is 0.139 e. The van der Waals surface area contributed by atoms with Crippen molar-refractivity contribution in [3.63, 3.8) is 0 Å². The molecular formula is C12H16N2O. The molecule has 0 spiro atoms. The van der Waals surface area contributed by atoms with E-state index < -0.39 is 5.72 Å². The normalized spacial score (nSPS) is 19.2. The van der Waals surface area contributed by atoms with Crippen molar-refractivity contribution in [2.45, 2.75) is 19.1 Å². The summed E-state index contributed by atoms with van der Waals surface area (Å²) >= 11 is 0. The third-order valence-electron chi connectivity index (χ3n) is 2.69. The number of aliphatic hydroxyl groups is 1. The Morgan fingerprint density at radius 3 is 2.73 bits per heavy atom. The molecule has 1 N–H and O–H groups in total. The fraction of sp³-hybridized carbons (Fsp3) is 0.417. The van der Waals surface area contributed by atoms with Crippen LogP contribution in [0, 0.1) is 0 Å². The van der Waals surface area contributed by atoms with Crippen LogP contribution >= 0.6 is 0 Å². The Morgan fingerprint density at radius 1 is 1.40 bits per heavy atom. The summed E-state index contributed by atoms with van der Waals surface area (Å²) in [5.41, 5.74) is 0.309. The number of hydrogen-bond donors (Lipinski definition) is 1. The van der Waals surface area contributed by atoms with Crippen molar-refractivity contribution in [2.24, 2.45) is 4.99 Å². The molecule has 80 valence electrons. The van der Waals surface area contributed by atoms with Gasteiger partial charge in [-0.3, -0.25) is 4.99 Å². The Labute approximate surface area is 90.1 Å². The molecule has 1 heterocycles. The van der Waals surface area contributed by atoms with Crippen molar-refractivity contribution in [2.75, 3.05) is 13.1 Å². The molecule has 1 aliphatic rings. The summed E-state index contributed by atoms with van der Waals surface area (Å²) in [5.74, 6) is 0. The first kappa shape index (κ1) is 10.2. The summed E-state index contributed by atoms with van der Waals surface area (Å²) in [5, 5.41) is 10.3. The highest BCUT2D eigenvalue weighted by molar-refractivity contribution is 5.58. The zero-order valence-electron chi connectivity index (χ0n) is 8.93. The van der Waals surface area contributed by atoms with E-state index in [4.69, 9.17) is 0 Å². The Hall–Kier alpha value is -1.35. The molecule has 1 atom stereocenters. The molecule has 0 saturated heterocycles. The van der Waals surface area contributed by atoms with Gasteiger partial charge in [0.05, 0.1) is 12.9 Å². The average Bonchev–Trinajstić information content (AvgIpc) is 2.71. The highest BCUT2D eigenvalue weighted by atomic mass is 16.3. The molecule has 1 aromatic carbocycles. The molecule has 1 unspecified atom stereocenters. The van der Waals surface area contributed by atoms with Gasteiger partial charge < -0.3 is 10.0 Å². The first-order chi connectivity index (χ1) is 7.18. The van der Waals surface area contributed by atoms with Crippen molar-refractivity contribution in [3.05, 3.63) is 35.9 Å². The zero-order valence-corrected chi connectivity index (χ0v) is 8.93. The molecule has 0 aliphatic carbocycles. The Kier molecular flexibility index (Phi) is 2.73. The van der Waals surface area contributed by atoms with Crippen LogP contribution in [0.3, 0.4) is 0 Å². The largest absolute Gasteiger partial charge is 0.371 e. The van der Waals surface area contributed by atoms with Gasteiger partial charge in [0.15, 0.2) is 0 Å². The molecule has 0 amide bonds. The van der Waals surface area contributed by atoms with Crippen LogP contribution in [0.15, 0.2) is 35.3 Å². The van der Waals surface area contributed by atoms with Gasteiger partial charge >= 0.3 is 0 Å². The van der Waals surface area contributed by atoms with Gasteiger partial charge in [-0.15, -0.1) is 0 Å². The van der Waals surface area contributed by atoms with Crippen LogP contribution in [0.1, 0.15) is 12.5 Å². The second kappa shape index (κ2) is 4.03. The number of nitrogens with zero attached hydrogens (tertiary/aromatic N) is 2. The second-order valence-corrected chi connectivity index (χ2v) is 4.09. The average molecular weight is 204 g/mol. The maximum atomic E-state index is 10.3. The van der Waals surface area contributed by atoms with Crippen molar-refractivity contribution in [1.29, 1.82) is 0 Å². The molecule has 1 aromatic rings. The topological polar surface area (TPSA) is 35.8 Å². The van der Waals surface area contributed by atoms with Crippen LogP contribution in [-0.2, 0) is 6.42 Å². The van der Waals surface area contributed by atoms with Gasteiger partial charge in [0.1, 0.15) is 5.72 Å². The lowest BCUT2D eigenvalue weighted by molar-refractivity contribution is -0.0444. The van der Waals surface area contributed by atoms with E-state index in [1.165, 1.54) is 0 Å². The smallest absolute Gasteiger partial charge is 0.139 e.